The van der Waals surface area contributed by atoms with Gasteiger partial charge in [-0.05, 0) is 63.8 Å². The van der Waals surface area contributed by atoms with Crippen molar-refractivity contribution in [1.29, 1.82) is 0 Å². The molecule has 1 atom stereocenters. The summed E-state index contributed by atoms with van der Waals surface area (Å²) in [6.07, 6.45) is 2.78. The molecule has 0 bridgehead atoms. The van der Waals surface area contributed by atoms with Crippen LogP contribution in [0.1, 0.15) is 44.2 Å². The molecule has 1 aromatic carbocycles. The van der Waals surface area contributed by atoms with Gasteiger partial charge in [0.2, 0.25) is 0 Å². The molecule has 0 aliphatic carbocycles. The van der Waals surface area contributed by atoms with E-state index in [4.69, 9.17) is 4.74 Å². The maximum atomic E-state index is 12.4. The number of nitrogens with zero attached hydrogens (tertiary/aromatic N) is 1. The van der Waals surface area contributed by atoms with Crippen molar-refractivity contribution in [2.45, 2.75) is 59.1 Å². The second-order valence-electron chi connectivity index (χ2n) is 6.58. The largest absolute Gasteiger partial charge is 0.481 e. The molecule has 0 spiro atoms. The van der Waals surface area contributed by atoms with Crippen LogP contribution in [-0.2, 0) is 4.79 Å². The van der Waals surface area contributed by atoms with Crippen molar-refractivity contribution in [2.24, 2.45) is 0 Å². The highest BCUT2D eigenvalue weighted by Crippen LogP contribution is 2.22. The first-order valence-corrected chi connectivity index (χ1v) is 8.76. The van der Waals surface area contributed by atoms with Crippen LogP contribution in [-0.4, -0.2) is 42.6 Å². The molecular weight excluding hydrogens is 288 g/mol. The van der Waals surface area contributed by atoms with Crippen LogP contribution in [0.3, 0.4) is 0 Å². The topological polar surface area (TPSA) is 41.6 Å². The normalized spacial score (nSPS) is 17.7. The molecule has 128 valence electrons. The molecule has 4 nitrogen and oxygen atoms in total. The van der Waals surface area contributed by atoms with Gasteiger partial charge in [-0.2, -0.15) is 0 Å². The van der Waals surface area contributed by atoms with Crippen LogP contribution in [0.5, 0.6) is 5.75 Å². The zero-order valence-corrected chi connectivity index (χ0v) is 14.9. The smallest absolute Gasteiger partial charge is 0.260 e. The highest BCUT2D eigenvalue weighted by Gasteiger charge is 2.23. The summed E-state index contributed by atoms with van der Waals surface area (Å²) in [7, 11) is 0. The van der Waals surface area contributed by atoms with Crippen molar-refractivity contribution in [1.82, 2.24) is 10.2 Å². The minimum atomic E-state index is -0.468. The molecule has 0 saturated carbocycles. The predicted octanol–water partition coefficient (Wildman–Crippen LogP) is 3.06. The van der Waals surface area contributed by atoms with E-state index in [1.165, 1.54) is 12.0 Å². The Morgan fingerprint density at radius 1 is 1.35 bits per heavy atom. The Labute approximate surface area is 140 Å². The fraction of sp³-hybridized carbons (Fsp3) is 0.632. The van der Waals surface area contributed by atoms with Gasteiger partial charge in [0.25, 0.3) is 5.91 Å². The minimum Gasteiger partial charge on any atom is -0.481 e. The van der Waals surface area contributed by atoms with Crippen LogP contribution >= 0.6 is 0 Å². The number of rotatable bonds is 6. The number of benzene rings is 1. The van der Waals surface area contributed by atoms with E-state index < -0.39 is 6.10 Å². The van der Waals surface area contributed by atoms with E-state index in [0.29, 0.717) is 0 Å². The SMILES string of the molecule is CCCN1CCC(NC(=O)[C@@H](C)Oc2cccc(C)c2C)CC1. The number of ether oxygens (including phenoxy) is 1. The Bertz CT molecular complexity index is 522. The third-order valence-corrected chi connectivity index (χ3v) is 4.70. The Morgan fingerprint density at radius 3 is 2.70 bits per heavy atom. The number of hydrogen-bond acceptors (Lipinski definition) is 3. The van der Waals surface area contributed by atoms with Gasteiger partial charge in [0.05, 0.1) is 0 Å². The molecule has 23 heavy (non-hydrogen) atoms. The van der Waals surface area contributed by atoms with Gasteiger partial charge in [-0.1, -0.05) is 19.1 Å². The van der Waals surface area contributed by atoms with Gasteiger partial charge in [-0.15, -0.1) is 0 Å². The summed E-state index contributed by atoms with van der Waals surface area (Å²) in [5, 5.41) is 3.15. The van der Waals surface area contributed by atoms with Gasteiger partial charge >= 0.3 is 0 Å². The molecule has 1 amide bonds. The second-order valence-corrected chi connectivity index (χ2v) is 6.58. The summed E-state index contributed by atoms with van der Waals surface area (Å²) in [4.78, 5) is 14.8. The maximum absolute atomic E-state index is 12.4. The van der Waals surface area contributed by atoms with Gasteiger partial charge in [-0.25, -0.2) is 0 Å². The fourth-order valence-corrected chi connectivity index (χ4v) is 3.03. The standard InChI is InChI=1S/C19H30N2O2/c1-5-11-21-12-9-17(10-13-21)20-19(22)16(4)23-18-8-6-7-14(2)15(18)3/h6-8,16-17H,5,9-13H2,1-4H3,(H,20,22)/t16-/m1/s1. The van der Waals surface area contributed by atoms with Crippen LogP contribution in [0.4, 0.5) is 0 Å². The Kier molecular flexibility index (Phi) is 6.46. The highest BCUT2D eigenvalue weighted by molar-refractivity contribution is 5.81. The van der Waals surface area contributed by atoms with Crippen LogP contribution in [0, 0.1) is 13.8 Å². The zero-order chi connectivity index (χ0) is 16.8. The van der Waals surface area contributed by atoms with Gasteiger partial charge < -0.3 is 15.0 Å². The van der Waals surface area contributed by atoms with Crippen LogP contribution in [0.25, 0.3) is 0 Å². The van der Waals surface area contributed by atoms with Crippen molar-refractivity contribution >= 4 is 5.91 Å². The van der Waals surface area contributed by atoms with Crippen molar-refractivity contribution in [2.75, 3.05) is 19.6 Å². The van der Waals surface area contributed by atoms with Gasteiger partial charge in [0.15, 0.2) is 6.10 Å². The lowest BCUT2D eigenvalue weighted by molar-refractivity contribution is -0.128. The van der Waals surface area contributed by atoms with E-state index >= 15 is 0 Å². The average molecular weight is 318 g/mol. The summed E-state index contributed by atoms with van der Waals surface area (Å²) in [6.45, 7) is 11.4. The molecule has 0 unspecified atom stereocenters. The molecule has 0 radical (unpaired) electrons. The summed E-state index contributed by atoms with van der Waals surface area (Å²) >= 11 is 0. The molecule has 2 rings (SSSR count). The van der Waals surface area contributed by atoms with E-state index in [1.54, 1.807) is 0 Å². The number of likely N-dealkylation sites (tertiary alicyclic amines) is 1. The van der Waals surface area contributed by atoms with Crippen molar-refractivity contribution in [3.63, 3.8) is 0 Å². The molecule has 1 aromatic rings. The Morgan fingerprint density at radius 2 is 2.04 bits per heavy atom. The molecule has 1 fully saturated rings. The first kappa shape index (κ1) is 17.8. The molecule has 1 heterocycles. The summed E-state index contributed by atoms with van der Waals surface area (Å²) in [6, 6.07) is 6.22. The average Bonchev–Trinajstić information content (AvgIpc) is 2.54. The number of nitrogens with one attached hydrogen (secondary N) is 1. The zero-order valence-electron chi connectivity index (χ0n) is 14.9. The van der Waals surface area contributed by atoms with E-state index in [0.717, 1.165) is 43.8 Å². The quantitative estimate of drug-likeness (QED) is 0.876. The molecule has 1 aliphatic heterocycles. The third-order valence-electron chi connectivity index (χ3n) is 4.70. The molecule has 1 saturated heterocycles. The summed E-state index contributed by atoms with van der Waals surface area (Å²) in [5.41, 5.74) is 2.28. The Hall–Kier alpha value is -1.55. The van der Waals surface area contributed by atoms with E-state index in [-0.39, 0.29) is 11.9 Å². The summed E-state index contributed by atoms with van der Waals surface area (Å²) < 4.78 is 5.87. The van der Waals surface area contributed by atoms with E-state index in [9.17, 15) is 4.79 Å². The van der Waals surface area contributed by atoms with Crippen LogP contribution < -0.4 is 10.1 Å². The number of amides is 1. The first-order valence-electron chi connectivity index (χ1n) is 8.76. The molecule has 0 aromatic heterocycles. The maximum Gasteiger partial charge on any atom is 0.260 e. The van der Waals surface area contributed by atoms with E-state index in [1.807, 2.05) is 26.0 Å². The van der Waals surface area contributed by atoms with Gasteiger partial charge in [0.1, 0.15) is 5.75 Å². The monoisotopic (exact) mass is 318 g/mol. The number of carbonyl (C=O) groups excluding carboxylic acids is 1. The lowest BCUT2D eigenvalue weighted by Gasteiger charge is -2.32. The third kappa shape index (κ3) is 4.96. The number of piperidine rings is 1. The number of aryl methyl sites for hydroxylation is 1. The number of hydrogen-bond donors (Lipinski definition) is 1. The Balaban J connectivity index is 1.83. The van der Waals surface area contributed by atoms with Crippen LogP contribution in [0.15, 0.2) is 18.2 Å². The molecule has 1 N–H and O–H groups in total. The first-order chi connectivity index (χ1) is 11.0. The van der Waals surface area contributed by atoms with Crippen molar-refractivity contribution < 1.29 is 9.53 Å². The van der Waals surface area contributed by atoms with Gasteiger partial charge in [0, 0.05) is 19.1 Å². The van der Waals surface area contributed by atoms with Crippen molar-refractivity contribution in [3.8, 4) is 5.75 Å². The van der Waals surface area contributed by atoms with Gasteiger partial charge in [-0.3, -0.25) is 4.79 Å². The molecule has 1 aliphatic rings. The van der Waals surface area contributed by atoms with Crippen molar-refractivity contribution in [3.05, 3.63) is 29.3 Å². The lowest BCUT2D eigenvalue weighted by Crippen LogP contribution is -2.48. The molecular formula is C19H30N2O2. The minimum absolute atomic E-state index is 0.0140. The molecule has 4 heteroatoms. The lowest BCUT2D eigenvalue weighted by atomic mass is 10.0. The van der Waals surface area contributed by atoms with E-state index in [2.05, 4.69) is 30.1 Å². The second kappa shape index (κ2) is 8.34. The fourth-order valence-electron chi connectivity index (χ4n) is 3.03. The summed E-state index contributed by atoms with van der Waals surface area (Å²) in [5.74, 6) is 0.783. The predicted molar refractivity (Wildman–Crippen MR) is 93.9 cm³/mol. The van der Waals surface area contributed by atoms with Crippen LogP contribution in [0.2, 0.25) is 0 Å². The highest BCUT2D eigenvalue weighted by atomic mass is 16.5. The number of carbonyl (C=O) groups is 1.